The number of benzene rings is 1. The summed E-state index contributed by atoms with van der Waals surface area (Å²) in [6, 6.07) is 6.37. The average Bonchev–Trinajstić information content (AvgIpc) is 2.26. The summed E-state index contributed by atoms with van der Waals surface area (Å²) in [6.45, 7) is 3.68. The zero-order valence-corrected chi connectivity index (χ0v) is 10.7. The number of carbonyl (C=O) groups is 1. The van der Waals surface area contributed by atoms with Crippen molar-refractivity contribution in [2.75, 3.05) is 11.3 Å². The molecule has 0 bridgehead atoms. The highest BCUT2D eigenvalue weighted by Crippen LogP contribution is 2.12. The fraction of sp³-hybridized carbons (Fsp3) is 0.364. The molecule has 0 amide bonds. The van der Waals surface area contributed by atoms with E-state index in [1.165, 1.54) is 13.0 Å². The van der Waals surface area contributed by atoms with Crippen LogP contribution in [0.25, 0.3) is 0 Å². The van der Waals surface area contributed by atoms with Crippen molar-refractivity contribution >= 4 is 21.7 Å². The topological polar surface area (TPSA) is 75.3 Å². The molecule has 1 aromatic rings. The summed E-state index contributed by atoms with van der Waals surface area (Å²) in [4.78, 5) is 11.1. The van der Waals surface area contributed by atoms with Crippen LogP contribution in [0, 0.1) is 0 Å². The Bertz CT molecular complexity index is 497. The second-order valence-electron chi connectivity index (χ2n) is 3.64. The van der Waals surface area contributed by atoms with Gasteiger partial charge in [-0.05, 0) is 25.5 Å². The van der Waals surface area contributed by atoms with E-state index in [0.717, 1.165) is 0 Å². The smallest absolute Gasteiger partial charge is 0.295 e. The molecule has 0 aliphatic heterocycles. The molecule has 0 aliphatic rings. The fourth-order valence-electron chi connectivity index (χ4n) is 1.23. The van der Waals surface area contributed by atoms with E-state index >= 15 is 0 Å². The van der Waals surface area contributed by atoms with E-state index in [4.69, 9.17) is 0 Å². The minimum atomic E-state index is -3.55. The normalized spacial score (nSPS) is 11.2. The van der Waals surface area contributed by atoms with E-state index in [2.05, 4.69) is 9.44 Å². The van der Waals surface area contributed by atoms with Gasteiger partial charge in [0.2, 0.25) is 0 Å². The summed E-state index contributed by atoms with van der Waals surface area (Å²) >= 11 is 0. The molecule has 6 heteroatoms. The number of Topliss-reactive ketones (excluding diaryl/α,β-unsaturated/α-hetero) is 1. The zero-order chi connectivity index (χ0) is 12.9. The molecule has 5 nitrogen and oxygen atoms in total. The lowest BCUT2D eigenvalue weighted by molar-refractivity contribution is 0.101. The Labute approximate surface area is 101 Å². The molecule has 1 rings (SSSR count). The van der Waals surface area contributed by atoms with Gasteiger partial charge in [-0.3, -0.25) is 9.52 Å². The maximum Gasteiger partial charge on any atom is 0.299 e. The van der Waals surface area contributed by atoms with Crippen molar-refractivity contribution < 1.29 is 13.2 Å². The minimum Gasteiger partial charge on any atom is -0.295 e. The molecule has 0 aromatic heterocycles. The third kappa shape index (κ3) is 4.54. The molecule has 0 saturated heterocycles. The summed E-state index contributed by atoms with van der Waals surface area (Å²) in [5.74, 6) is -0.104. The molecule has 0 fully saturated rings. The molecule has 94 valence electrons. The van der Waals surface area contributed by atoms with Gasteiger partial charge in [-0.15, -0.1) is 0 Å². The van der Waals surface area contributed by atoms with Crippen molar-refractivity contribution in [2.45, 2.75) is 20.3 Å². The molecule has 0 aliphatic carbocycles. The minimum absolute atomic E-state index is 0.104. The molecular weight excluding hydrogens is 240 g/mol. The number of hydrogen-bond donors (Lipinski definition) is 2. The second-order valence-corrected chi connectivity index (χ2v) is 5.14. The first-order valence-corrected chi connectivity index (χ1v) is 6.81. The van der Waals surface area contributed by atoms with Crippen LogP contribution in [0.5, 0.6) is 0 Å². The van der Waals surface area contributed by atoms with Crippen LogP contribution >= 0.6 is 0 Å². The van der Waals surface area contributed by atoms with Gasteiger partial charge in [0, 0.05) is 12.1 Å². The van der Waals surface area contributed by atoms with Crippen LogP contribution < -0.4 is 9.44 Å². The van der Waals surface area contributed by atoms with Gasteiger partial charge >= 0.3 is 0 Å². The highest BCUT2D eigenvalue weighted by atomic mass is 32.2. The van der Waals surface area contributed by atoms with E-state index in [-0.39, 0.29) is 5.78 Å². The van der Waals surface area contributed by atoms with E-state index in [0.29, 0.717) is 24.2 Å². The maximum absolute atomic E-state index is 11.5. The lowest BCUT2D eigenvalue weighted by Crippen LogP contribution is -2.30. The Morgan fingerprint density at radius 2 is 2.06 bits per heavy atom. The zero-order valence-electron chi connectivity index (χ0n) is 9.86. The van der Waals surface area contributed by atoms with Crippen LogP contribution in [0.3, 0.4) is 0 Å². The molecule has 0 heterocycles. The standard InChI is InChI=1S/C11H16N2O3S/c1-3-7-12-17(15,16)13-11-6-4-5-10(8-11)9(2)14/h4-6,8,12-13H,3,7H2,1-2H3. The molecule has 0 unspecified atom stereocenters. The molecule has 2 N–H and O–H groups in total. The third-order valence-electron chi connectivity index (χ3n) is 2.06. The van der Waals surface area contributed by atoms with Gasteiger partial charge in [-0.2, -0.15) is 13.1 Å². The molecule has 0 saturated carbocycles. The number of hydrogen-bond acceptors (Lipinski definition) is 3. The first kappa shape index (κ1) is 13.7. The maximum atomic E-state index is 11.5. The third-order valence-corrected chi connectivity index (χ3v) is 3.15. The van der Waals surface area contributed by atoms with Gasteiger partial charge in [0.1, 0.15) is 0 Å². The van der Waals surface area contributed by atoms with Crippen molar-refractivity contribution in [1.29, 1.82) is 0 Å². The molecular formula is C11H16N2O3S. The van der Waals surface area contributed by atoms with Gasteiger partial charge in [0.25, 0.3) is 10.2 Å². The van der Waals surface area contributed by atoms with Gasteiger partial charge in [0.05, 0.1) is 5.69 Å². The first-order valence-electron chi connectivity index (χ1n) is 5.33. The first-order chi connectivity index (χ1) is 7.94. The molecule has 0 radical (unpaired) electrons. The van der Waals surface area contributed by atoms with E-state index in [1.54, 1.807) is 18.2 Å². The van der Waals surface area contributed by atoms with Crippen LogP contribution in [0.4, 0.5) is 5.69 Å². The summed E-state index contributed by atoms with van der Waals surface area (Å²) in [6.07, 6.45) is 0.717. The van der Waals surface area contributed by atoms with Crippen LogP contribution in [0.1, 0.15) is 30.6 Å². The van der Waals surface area contributed by atoms with Crippen LogP contribution in [-0.2, 0) is 10.2 Å². The average molecular weight is 256 g/mol. The van der Waals surface area contributed by atoms with Crippen LogP contribution in [-0.4, -0.2) is 20.7 Å². The summed E-state index contributed by atoms with van der Waals surface area (Å²) in [7, 11) is -3.55. The number of rotatable bonds is 6. The summed E-state index contributed by atoms with van der Waals surface area (Å²) in [5, 5.41) is 0. The lowest BCUT2D eigenvalue weighted by atomic mass is 10.1. The number of anilines is 1. The molecule has 17 heavy (non-hydrogen) atoms. The highest BCUT2D eigenvalue weighted by Gasteiger charge is 2.09. The van der Waals surface area contributed by atoms with Gasteiger partial charge in [-0.25, -0.2) is 0 Å². The number of nitrogens with one attached hydrogen (secondary N) is 2. The Balaban J connectivity index is 2.81. The van der Waals surface area contributed by atoms with Crippen molar-refractivity contribution in [3.63, 3.8) is 0 Å². The van der Waals surface area contributed by atoms with Gasteiger partial charge < -0.3 is 0 Å². The van der Waals surface area contributed by atoms with Crippen molar-refractivity contribution in [2.24, 2.45) is 0 Å². The number of carbonyl (C=O) groups excluding carboxylic acids is 1. The van der Waals surface area contributed by atoms with Gasteiger partial charge in [0.15, 0.2) is 5.78 Å². The molecule has 0 atom stereocenters. The molecule has 1 aromatic carbocycles. The Morgan fingerprint density at radius 3 is 2.65 bits per heavy atom. The van der Waals surface area contributed by atoms with E-state index in [9.17, 15) is 13.2 Å². The Hall–Kier alpha value is -1.40. The van der Waals surface area contributed by atoms with Crippen molar-refractivity contribution in [1.82, 2.24) is 4.72 Å². The Morgan fingerprint density at radius 1 is 1.35 bits per heavy atom. The van der Waals surface area contributed by atoms with E-state index < -0.39 is 10.2 Å². The second kappa shape index (κ2) is 5.79. The predicted octanol–water partition coefficient (Wildman–Crippen LogP) is 1.55. The largest absolute Gasteiger partial charge is 0.299 e. The van der Waals surface area contributed by atoms with E-state index in [1.807, 2.05) is 6.92 Å². The van der Waals surface area contributed by atoms with Crippen molar-refractivity contribution in [3.8, 4) is 0 Å². The SMILES string of the molecule is CCCNS(=O)(=O)Nc1cccc(C(C)=O)c1. The lowest BCUT2D eigenvalue weighted by Gasteiger charge is -2.09. The predicted molar refractivity (Wildman–Crippen MR) is 67.3 cm³/mol. The van der Waals surface area contributed by atoms with Crippen LogP contribution in [0.15, 0.2) is 24.3 Å². The Kier molecular flexibility index (Phi) is 4.65. The van der Waals surface area contributed by atoms with Crippen molar-refractivity contribution in [3.05, 3.63) is 29.8 Å². The summed E-state index contributed by atoms with van der Waals surface area (Å²) < 4.78 is 27.8. The summed E-state index contributed by atoms with van der Waals surface area (Å²) in [5.41, 5.74) is 0.849. The quantitative estimate of drug-likeness (QED) is 0.758. The fourth-order valence-corrected chi connectivity index (χ4v) is 2.21. The molecule has 0 spiro atoms. The monoisotopic (exact) mass is 256 g/mol. The highest BCUT2D eigenvalue weighted by molar-refractivity contribution is 7.90. The number of ketones is 1. The van der Waals surface area contributed by atoms with Crippen LogP contribution in [0.2, 0.25) is 0 Å². The van der Waals surface area contributed by atoms with Gasteiger partial charge in [-0.1, -0.05) is 19.1 Å².